The number of hydrogen-bond acceptors (Lipinski definition) is 1. The van der Waals surface area contributed by atoms with Crippen LogP contribution >= 0.6 is 0 Å². The standard InChI is InChI=1S/C14H12O.C2H4/c1-3-7-13(8-4-1)11-12-15-14-9-5-2-6-10-14;1-2/h1-12H;1-2H2. The molecule has 0 saturated carbocycles. The molecule has 2 rings (SSSR count). The van der Waals surface area contributed by atoms with Gasteiger partial charge in [0.05, 0.1) is 6.26 Å². The Balaban J connectivity index is 0.000000686. The molecule has 0 saturated heterocycles. The highest BCUT2D eigenvalue weighted by molar-refractivity contribution is 5.48. The molecule has 0 radical (unpaired) electrons. The van der Waals surface area contributed by atoms with Gasteiger partial charge < -0.3 is 4.74 Å². The van der Waals surface area contributed by atoms with Crippen molar-refractivity contribution in [3.8, 4) is 5.75 Å². The lowest BCUT2D eigenvalue weighted by atomic mass is 10.2. The van der Waals surface area contributed by atoms with Crippen LogP contribution in [0.5, 0.6) is 5.75 Å². The van der Waals surface area contributed by atoms with E-state index in [4.69, 9.17) is 4.74 Å². The predicted octanol–water partition coefficient (Wildman–Crippen LogP) is 4.54. The molecule has 0 fully saturated rings. The zero-order valence-electron chi connectivity index (χ0n) is 9.75. The SMILES string of the molecule is C(=Cc1ccccc1)Oc1ccccc1.C=C. The van der Waals surface area contributed by atoms with Crippen LogP contribution in [0.25, 0.3) is 6.08 Å². The molecule has 86 valence electrons. The third kappa shape index (κ3) is 4.85. The second-order valence-electron chi connectivity index (χ2n) is 3.14. The van der Waals surface area contributed by atoms with Gasteiger partial charge in [0.25, 0.3) is 0 Å². The Morgan fingerprint density at radius 1 is 0.765 bits per heavy atom. The summed E-state index contributed by atoms with van der Waals surface area (Å²) in [5.41, 5.74) is 1.13. The van der Waals surface area contributed by atoms with Gasteiger partial charge in [-0.1, -0.05) is 48.5 Å². The molecule has 0 aliphatic carbocycles. The number of benzene rings is 2. The lowest BCUT2D eigenvalue weighted by molar-refractivity contribution is 0.485. The smallest absolute Gasteiger partial charge is 0.126 e. The number of rotatable bonds is 3. The molecule has 0 unspecified atom stereocenters. The summed E-state index contributed by atoms with van der Waals surface area (Å²) in [5, 5.41) is 0. The average molecular weight is 224 g/mol. The quantitative estimate of drug-likeness (QED) is 0.549. The lowest BCUT2D eigenvalue weighted by Crippen LogP contribution is -1.80. The minimum atomic E-state index is 0.852. The molecule has 0 heterocycles. The number of ether oxygens (including phenoxy) is 1. The van der Waals surface area contributed by atoms with Crippen LogP contribution in [0, 0.1) is 0 Å². The average Bonchev–Trinajstić information content (AvgIpc) is 2.43. The molecule has 0 atom stereocenters. The first-order valence-corrected chi connectivity index (χ1v) is 5.38. The molecule has 0 aliphatic rings. The van der Waals surface area contributed by atoms with E-state index in [9.17, 15) is 0 Å². The minimum Gasteiger partial charge on any atom is -0.465 e. The van der Waals surface area contributed by atoms with E-state index in [2.05, 4.69) is 13.2 Å². The van der Waals surface area contributed by atoms with Gasteiger partial charge in [0.15, 0.2) is 0 Å². The molecule has 0 N–H and O–H groups in total. The Kier molecular flexibility index (Phi) is 5.97. The van der Waals surface area contributed by atoms with Crippen molar-refractivity contribution in [2.75, 3.05) is 0 Å². The third-order valence-electron chi connectivity index (χ3n) is 2.01. The van der Waals surface area contributed by atoms with Gasteiger partial charge in [-0.2, -0.15) is 0 Å². The first-order valence-electron chi connectivity index (χ1n) is 5.38. The summed E-state index contributed by atoms with van der Waals surface area (Å²) < 4.78 is 5.43. The van der Waals surface area contributed by atoms with Crippen LogP contribution in [0.1, 0.15) is 5.56 Å². The maximum atomic E-state index is 5.43. The molecule has 0 bridgehead atoms. The Hall–Kier alpha value is -2.28. The van der Waals surface area contributed by atoms with Gasteiger partial charge in [-0.25, -0.2) is 0 Å². The molecule has 0 aliphatic heterocycles. The highest BCUT2D eigenvalue weighted by Crippen LogP contribution is 2.09. The highest BCUT2D eigenvalue weighted by Gasteiger charge is 1.86. The van der Waals surface area contributed by atoms with Gasteiger partial charge in [0, 0.05) is 0 Å². The van der Waals surface area contributed by atoms with Crippen molar-refractivity contribution >= 4 is 6.08 Å². The van der Waals surface area contributed by atoms with E-state index < -0.39 is 0 Å². The van der Waals surface area contributed by atoms with Gasteiger partial charge in [-0.05, 0) is 23.8 Å². The van der Waals surface area contributed by atoms with Crippen molar-refractivity contribution in [3.63, 3.8) is 0 Å². The largest absolute Gasteiger partial charge is 0.465 e. The molecule has 0 amide bonds. The molecule has 17 heavy (non-hydrogen) atoms. The highest BCUT2D eigenvalue weighted by atomic mass is 16.5. The van der Waals surface area contributed by atoms with E-state index in [0.717, 1.165) is 11.3 Å². The molecule has 2 aromatic rings. The fraction of sp³-hybridized carbons (Fsp3) is 0. The number of para-hydroxylation sites is 1. The fourth-order valence-electron chi connectivity index (χ4n) is 1.25. The van der Waals surface area contributed by atoms with E-state index in [1.807, 2.05) is 66.7 Å². The molecular weight excluding hydrogens is 208 g/mol. The molecule has 1 heteroatoms. The molecule has 0 spiro atoms. The summed E-state index contributed by atoms with van der Waals surface area (Å²) in [7, 11) is 0. The van der Waals surface area contributed by atoms with Crippen LogP contribution < -0.4 is 4.74 Å². The summed E-state index contributed by atoms with van der Waals surface area (Å²) >= 11 is 0. The summed E-state index contributed by atoms with van der Waals surface area (Å²) in [5.74, 6) is 0.852. The van der Waals surface area contributed by atoms with Crippen LogP contribution in [0.4, 0.5) is 0 Å². The van der Waals surface area contributed by atoms with Gasteiger partial charge in [-0.15, -0.1) is 13.2 Å². The fourth-order valence-corrected chi connectivity index (χ4v) is 1.25. The van der Waals surface area contributed by atoms with Crippen molar-refractivity contribution in [2.24, 2.45) is 0 Å². The van der Waals surface area contributed by atoms with Gasteiger partial charge in [-0.3, -0.25) is 0 Å². The first-order chi connectivity index (χ1) is 8.45. The second-order valence-corrected chi connectivity index (χ2v) is 3.14. The molecule has 1 nitrogen and oxygen atoms in total. The van der Waals surface area contributed by atoms with Crippen LogP contribution in [0.3, 0.4) is 0 Å². The van der Waals surface area contributed by atoms with Crippen molar-refractivity contribution in [2.45, 2.75) is 0 Å². The Morgan fingerprint density at radius 3 is 1.88 bits per heavy atom. The zero-order valence-corrected chi connectivity index (χ0v) is 9.75. The van der Waals surface area contributed by atoms with Gasteiger partial charge in [0.2, 0.25) is 0 Å². The van der Waals surface area contributed by atoms with E-state index in [1.54, 1.807) is 6.26 Å². The lowest BCUT2D eigenvalue weighted by Gasteiger charge is -1.98. The van der Waals surface area contributed by atoms with Gasteiger partial charge >= 0.3 is 0 Å². The molecule has 0 aromatic heterocycles. The van der Waals surface area contributed by atoms with Crippen LogP contribution in [-0.2, 0) is 0 Å². The van der Waals surface area contributed by atoms with Gasteiger partial charge in [0.1, 0.15) is 5.75 Å². The van der Waals surface area contributed by atoms with E-state index in [-0.39, 0.29) is 0 Å². The predicted molar refractivity (Wildman–Crippen MR) is 73.8 cm³/mol. The topological polar surface area (TPSA) is 9.23 Å². The summed E-state index contributed by atoms with van der Waals surface area (Å²) in [4.78, 5) is 0. The monoisotopic (exact) mass is 224 g/mol. The van der Waals surface area contributed by atoms with Crippen molar-refractivity contribution in [1.29, 1.82) is 0 Å². The van der Waals surface area contributed by atoms with Crippen molar-refractivity contribution < 1.29 is 4.74 Å². The second kappa shape index (κ2) is 7.94. The maximum Gasteiger partial charge on any atom is 0.126 e. The van der Waals surface area contributed by atoms with E-state index >= 15 is 0 Å². The summed E-state index contributed by atoms with van der Waals surface area (Å²) in [6.07, 6.45) is 3.64. The third-order valence-corrected chi connectivity index (χ3v) is 2.01. The molecule has 2 aromatic carbocycles. The zero-order chi connectivity index (χ0) is 12.3. The summed E-state index contributed by atoms with van der Waals surface area (Å²) in [6, 6.07) is 19.8. The normalized spacial score (nSPS) is 9.41. The first kappa shape index (κ1) is 12.8. The van der Waals surface area contributed by atoms with Crippen molar-refractivity contribution in [1.82, 2.24) is 0 Å². The van der Waals surface area contributed by atoms with Crippen LogP contribution in [0.2, 0.25) is 0 Å². The van der Waals surface area contributed by atoms with E-state index in [0.29, 0.717) is 0 Å². The minimum absolute atomic E-state index is 0.852. The Bertz CT molecular complexity index is 432. The Morgan fingerprint density at radius 2 is 1.29 bits per heavy atom. The Labute approximate surface area is 103 Å². The maximum absolute atomic E-state index is 5.43. The summed E-state index contributed by atoms with van der Waals surface area (Å²) in [6.45, 7) is 6.00. The molecular formula is C16H16O. The van der Waals surface area contributed by atoms with Crippen molar-refractivity contribution in [3.05, 3.63) is 85.6 Å². The van der Waals surface area contributed by atoms with E-state index in [1.165, 1.54) is 0 Å². The number of hydrogen-bond donors (Lipinski definition) is 0. The van der Waals surface area contributed by atoms with Crippen LogP contribution in [0.15, 0.2) is 80.1 Å². The van der Waals surface area contributed by atoms with Crippen LogP contribution in [-0.4, -0.2) is 0 Å².